The second-order valence-corrected chi connectivity index (χ2v) is 5.53. The molecule has 2 aliphatic carbocycles. The van der Waals surface area contributed by atoms with Crippen molar-refractivity contribution in [3.63, 3.8) is 0 Å². The summed E-state index contributed by atoms with van der Waals surface area (Å²) in [6.45, 7) is 7.47. The lowest BCUT2D eigenvalue weighted by molar-refractivity contribution is -0.141. The van der Waals surface area contributed by atoms with Crippen LogP contribution in [0, 0.1) is 16.7 Å². The van der Waals surface area contributed by atoms with Crippen molar-refractivity contribution in [1.29, 1.82) is 0 Å². The highest BCUT2D eigenvalue weighted by Crippen LogP contribution is 2.62. The highest BCUT2D eigenvalue weighted by Gasteiger charge is 2.65. The van der Waals surface area contributed by atoms with Gasteiger partial charge in [0.15, 0.2) is 5.78 Å². The first kappa shape index (κ1) is 11.3. The third-order valence-electron chi connectivity index (χ3n) is 4.56. The molecule has 0 aromatic rings. The van der Waals surface area contributed by atoms with Crippen LogP contribution in [-0.4, -0.2) is 17.5 Å². The normalized spacial score (nSPS) is 38.1. The van der Waals surface area contributed by atoms with Gasteiger partial charge in [-0.15, -0.1) is 0 Å². The molecule has 2 bridgehead atoms. The first-order valence-corrected chi connectivity index (χ1v) is 5.61. The average molecular weight is 223 g/mol. The molecule has 88 valence electrons. The standard InChI is InChI=1S/C12H17NO3/c1-7(14)16-13-9-8-5-6-12(4,10(9)15)11(8,2)3/h8H,5-6H2,1-4H3. The summed E-state index contributed by atoms with van der Waals surface area (Å²) in [6.07, 6.45) is 1.86. The Balaban J connectivity index is 2.37. The molecular formula is C12H17NO3. The summed E-state index contributed by atoms with van der Waals surface area (Å²) in [5, 5.41) is 3.74. The molecule has 0 N–H and O–H groups in total. The van der Waals surface area contributed by atoms with Crippen LogP contribution >= 0.6 is 0 Å². The second-order valence-electron chi connectivity index (χ2n) is 5.53. The molecule has 0 aromatic carbocycles. The minimum Gasteiger partial charge on any atom is -0.318 e. The fourth-order valence-corrected chi connectivity index (χ4v) is 3.04. The van der Waals surface area contributed by atoms with Gasteiger partial charge in [0, 0.05) is 18.3 Å². The zero-order chi connectivity index (χ0) is 12.1. The molecule has 0 aliphatic heterocycles. The minimum atomic E-state index is -0.481. The second kappa shape index (κ2) is 3.15. The zero-order valence-electron chi connectivity index (χ0n) is 10.2. The van der Waals surface area contributed by atoms with Crippen molar-refractivity contribution < 1.29 is 14.4 Å². The smallest absolute Gasteiger partial charge is 0.318 e. The van der Waals surface area contributed by atoms with E-state index in [1.54, 1.807) is 0 Å². The van der Waals surface area contributed by atoms with E-state index in [1.165, 1.54) is 6.92 Å². The van der Waals surface area contributed by atoms with Gasteiger partial charge in [0.2, 0.25) is 0 Å². The first-order chi connectivity index (χ1) is 7.30. The van der Waals surface area contributed by atoms with Gasteiger partial charge in [0.25, 0.3) is 0 Å². The number of carbonyl (C=O) groups excluding carboxylic acids is 2. The molecule has 2 rings (SSSR count). The van der Waals surface area contributed by atoms with Gasteiger partial charge in [0.1, 0.15) is 5.71 Å². The molecule has 2 atom stereocenters. The average Bonchev–Trinajstić information content (AvgIpc) is 2.47. The Morgan fingerprint density at radius 3 is 2.50 bits per heavy atom. The quantitative estimate of drug-likeness (QED) is 0.504. The zero-order valence-corrected chi connectivity index (χ0v) is 10.2. The summed E-state index contributed by atoms with van der Waals surface area (Å²) >= 11 is 0. The van der Waals surface area contributed by atoms with Gasteiger partial charge >= 0.3 is 5.97 Å². The molecule has 0 spiro atoms. The summed E-state index contributed by atoms with van der Waals surface area (Å²) < 4.78 is 0. The largest absolute Gasteiger partial charge is 0.331 e. The highest BCUT2D eigenvalue weighted by atomic mass is 16.7. The van der Waals surface area contributed by atoms with Crippen molar-refractivity contribution >= 4 is 17.5 Å². The predicted molar refractivity (Wildman–Crippen MR) is 58.8 cm³/mol. The Bertz CT molecular complexity index is 397. The van der Waals surface area contributed by atoms with E-state index in [0.717, 1.165) is 12.8 Å². The molecule has 0 aromatic heterocycles. The van der Waals surface area contributed by atoms with E-state index in [2.05, 4.69) is 23.8 Å². The summed E-state index contributed by atoms with van der Waals surface area (Å²) in [5.74, 6) is -0.301. The summed E-state index contributed by atoms with van der Waals surface area (Å²) in [7, 11) is 0. The Labute approximate surface area is 95.0 Å². The summed E-state index contributed by atoms with van der Waals surface area (Å²) in [5.41, 5.74) is 0.0358. The number of rotatable bonds is 1. The molecule has 0 amide bonds. The Hall–Kier alpha value is -1.19. The third-order valence-corrected chi connectivity index (χ3v) is 4.56. The van der Waals surface area contributed by atoms with Crippen LogP contribution in [0.5, 0.6) is 0 Å². The number of nitrogens with zero attached hydrogens (tertiary/aromatic N) is 1. The molecule has 0 heterocycles. The molecule has 2 fully saturated rings. The van der Waals surface area contributed by atoms with Crippen molar-refractivity contribution in [2.24, 2.45) is 21.9 Å². The van der Waals surface area contributed by atoms with Crippen LogP contribution in [0.15, 0.2) is 5.16 Å². The van der Waals surface area contributed by atoms with Crippen LogP contribution in [-0.2, 0) is 14.4 Å². The van der Waals surface area contributed by atoms with Gasteiger partial charge in [-0.2, -0.15) is 0 Å². The maximum atomic E-state index is 12.2. The van der Waals surface area contributed by atoms with Gasteiger partial charge in [-0.25, -0.2) is 4.79 Å². The Kier molecular flexibility index (Phi) is 2.23. The van der Waals surface area contributed by atoms with E-state index in [4.69, 9.17) is 0 Å². The fraction of sp³-hybridized carbons (Fsp3) is 0.750. The lowest BCUT2D eigenvalue weighted by Gasteiger charge is -2.31. The lowest BCUT2D eigenvalue weighted by atomic mass is 9.70. The SMILES string of the molecule is CC(=O)ON=C1C(=O)C2(C)CCC1C2(C)C. The van der Waals surface area contributed by atoms with Crippen molar-refractivity contribution in [2.45, 2.75) is 40.5 Å². The minimum absolute atomic E-state index is 0.0509. The Morgan fingerprint density at radius 1 is 1.44 bits per heavy atom. The summed E-state index contributed by atoms with van der Waals surface area (Å²) in [4.78, 5) is 27.5. The molecule has 2 aliphatic rings. The molecule has 2 saturated carbocycles. The van der Waals surface area contributed by atoms with Gasteiger partial charge in [-0.3, -0.25) is 4.79 Å². The van der Waals surface area contributed by atoms with Crippen LogP contribution in [0.2, 0.25) is 0 Å². The van der Waals surface area contributed by atoms with Gasteiger partial charge < -0.3 is 4.84 Å². The topological polar surface area (TPSA) is 55.7 Å². The fourth-order valence-electron chi connectivity index (χ4n) is 3.04. The van der Waals surface area contributed by atoms with E-state index < -0.39 is 5.97 Å². The number of oxime groups is 1. The van der Waals surface area contributed by atoms with E-state index in [-0.39, 0.29) is 22.5 Å². The van der Waals surface area contributed by atoms with Crippen molar-refractivity contribution in [3.8, 4) is 0 Å². The highest BCUT2D eigenvalue weighted by molar-refractivity contribution is 6.45. The van der Waals surface area contributed by atoms with Gasteiger partial charge in [-0.1, -0.05) is 25.9 Å². The molecule has 0 radical (unpaired) electrons. The number of ketones is 1. The third kappa shape index (κ3) is 1.19. The van der Waals surface area contributed by atoms with E-state index >= 15 is 0 Å². The van der Waals surface area contributed by atoms with E-state index in [1.807, 2.05) is 6.92 Å². The van der Waals surface area contributed by atoms with Crippen LogP contribution in [0.1, 0.15) is 40.5 Å². The van der Waals surface area contributed by atoms with Gasteiger partial charge in [-0.05, 0) is 18.3 Å². The monoisotopic (exact) mass is 223 g/mol. The molecule has 16 heavy (non-hydrogen) atoms. The number of hydrogen-bond acceptors (Lipinski definition) is 4. The van der Waals surface area contributed by atoms with Crippen LogP contribution in [0.4, 0.5) is 0 Å². The molecule has 4 nitrogen and oxygen atoms in total. The summed E-state index contributed by atoms with van der Waals surface area (Å²) in [6, 6.07) is 0. The number of hydrogen-bond donors (Lipinski definition) is 0. The van der Waals surface area contributed by atoms with E-state index in [9.17, 15) is 9.59 Å². The van der Waals surface area contributed by atoms with Gasteiger partial charge in [0.05, 0.1) is 0 Å². The Morgan fingerprint density at radius 2 is 2.06 bits per heavy atom. The maximum Gasteiger partial charge on any atom is 0.331 e. The van der Waals surface area contributed by atoms with Crippen molar-refractivity contribution in [3.05, 3.63) is 0 Å². The predicted octanol–water partition coefficient (Wildman–Crippen LogP) is 1.93. The van der Waals surface area contributed by atoms with E-state index in [0.29, 0.717) is 5.71 Å². The van der Waals surface area contributed by atoms with Crippen molar-refractivity contribution in [2.75, 3.05) is 0 Å². The van der Waals surface area contributed by atoms with Crippen LogP contribution in [0.3, 0.4) is 0 Å². The first-order valence-electron chi connectivity index (χ1n) is 5.61. The van der Waals surface area contributed by atoms with Crippen molar-refractivity contribution in [1.82, 2.24) is 0 Å². The lowest BCUT2D eigenvalue weighted by Crippen LogP contribution is -2.33. The molecule has 4 heteroatoms. The number of fused-ring (bicyclic) bond motifs is 2. The maximum absolute atomic E-state index is 12.2. The molecule has 0 saturated heterocycles. The molecular weight excluding hydrogens is 206 g/mol. The molecule has 2 unspecified atom stereocenters. The number of carbonyl (C=O) groups is 2. The number of Topliss-reactive ketones (excluding diaryl/α,β-unsaturated/α-hetero) is 1. The van der Waals surface area contributed by atoms with Crippen LogP contribution < -0.4 is 0 Å². The van der Waals surface area contributed by atoms with Crippen LogP contribution in [0.25, 0.3) is 0 Å².